The minimum atomic E-state index is -3.60. The van der Waals surface area contributed by atoms with Crippen LogP contribution in [0.3, 0.4) is 0 Å². The van der Waals surface area contributed by atoms with Gasteiger partial charge in [-0.05, 0) is 50.1 Å². The van der Waals surface area contributed by atoms with E-state index in [-0.39, 0.29) is 22.2 Å². The lowest BCUT2D eigenvalue weighted by Crippen LogP contribution is -2.27. The molecule has 0 radical (unpaired) electrons. The second-order valence-corrected chi connectivity index (χ2v) is 8.88. The zero-order valence-electron chi connectivity index (χ0n) is 13.2. The Balaban J connectivity index is 1.87. The van der Waals surface area contributed by atoms with Gasteiger partial charge in [-0.25, -0.2) is 8.42 Å². The van der Waals surface area contributed by atoms with Crippen molar-refractivity contribution in [2.75, 3.05) is 18.4 Å². The molecule has 128 valence electrons. The zero-order valence-corrected chi connectivity index (χ0v) is 14.8. The van der Waals surface area contributed by atoms with E-state index in [0.717, 1.165) is 17.7 Å². The fourth-order valence-electron chi connectivity index (χ4n) is 2.59. The Morgan fingerprint density at radius 1 is 1.21 bits per heavy atom. The Bertz CT molecular complexity index is 868. The van der Waals surface area contributed by atoms with E-state index in [2.05, 4.69) is 5.32 Å². The lowest BCUT2D eigenvalue weighted by molar-refractivity contribution is 0.103. The molecule has 3 rings (SSSR count). The number of amides is 1. The topological polar surface area (TPSA) is 86.7 Å². The maximum atomic E-state index is 12.6. The molecule has 1 aliphatic rings. The van der Waals surface area contributed by atoms with E-state index in [1.807, 2.05) is 13.0 Å². The first-order valence-corrected chi connectivity index (χ1v) is 9.84. The number of hydrogen-bond donors (Lipinski definition) is 2. The molecule has 0 bridgehead atoms. The van der Waals surface area contributed by atoms with Gasteiger partial charge in [0.25, 0.3) is 5.91 Å². The van der Waals surface area contributed by atoms with Crippen LogP contribution in [0.2, 0.25) is 0 Å². The number of rotatable bonds is 4. The van der Waals surface area contributed by atoms with Gasteiger partial charge in [0.1, 0.15) is 5.75 Å². The van der Waals surface area contributed by atoms with Crippen LogP contribution in [-0.2, 0) is 10.0 Å². The third kappa shape index (κ3) is 3.31. The first-order valence-electron chi connectivity index (χ1n) is 7.59. The fraction of sp³-hybridized carbons (Fsp3) is 0.312. The molecule has 0 aliphatic carbocycles. The third-order valence-electron chi connectivity index (χ3n) is 3.88. The Morgan fingerprint density at radius 2 is 1.92 bits per heavy atom. The number of carbonyl (C=O) groups is 1. The van der Waals surface area contributed by atoms with Crippen LogP contribution >= 0.6 is 11.3 Å². The average Bonchev–Trinajstić information content (AvgIpc) is 3.20. The number of benzene rings is 1. The van der Waals surface area contributed by atoms with Gasteiger partial charge in [-0.15, -0.1) is 11.3 Å². The van der Waals surface area contributed by atoms with Gasteiger partial charge < -0.3 is 10.4 Å². The number of nitrogens with zero attached hydrogens (tertiary/aromatic N) is 1. The summed E-state index contributed by atoms with van der Waals surface area (Å²) in [4.78, 5) is 13.8. The molecule has 2 N–H and O–H groups in total. The van der Waals surface area contributed by atoms with Crippen LogP contribution in [0.4, 0.5) is 5.69 Å². The summed E-state index contributed by atoms with van der Waals surface area (Å²) in [5, 5.41) is 12.5. The molecule has 0 spiro atoms. The first-order chi connectivity index (χ1) is 11.4. The number of anilines is 1. The lowest BCUT2D eigenvalue weighted by Gasteiger charge is -2.16. The van der Waals surface area contributed by atoms with Crippen LogP contribution in [-0.4, -0.2) is 36.8 Å². The quantitative estimate of drug-likeness (QED) is 0.815. The summed E-state index contributed by atoms with van der Waals surface area (Å²) in [6.45, 7) is 2.89. The zero-order chi connectivity index (χ0) is 17.3. The van der Waals surface area contributed by atoms with Crippen molar-refractivity contribution in [3.8, 4) is 5.75 Å². The maximum absolute atomic E-state index is 12.6. The van der Waals surface area contributed by atoms with E-state index >= 15 is 0 Å². The molecule has 6 nitrogen and oxygen atoms in total. The van der Waals surface area contributed by atoms with Crippen molar-refractivity contribution < 1.29 is 18.3 Å². The van der Waals surface area contributed by atoms with Gasteiger partial charge >= 0.3 is 0 Å². The number of phenolic OH excluding ortho intramolecular Hbond substituents is 1. The number of hydrogen-bond acceptors (Lipinski definition) is 5. The van der Waals surface area contributed by atoms with E-state index in [0.29, 0.717) is 18.0 Å². The molecule has 1 amide bonds. The number of phenols is 1. The monoisotopic (exact) mass is 366 g/mol. The molecule has 2 aromatic rings. The van der Waals surface area contributed by atoms with Gasteiger partial charge in [0.15, 0.2) is 0 Å². The third-order valence-corrected chi connectivity index (χ3v) is 6.78. The number of nitrogens with one attached hydrogen (secondary N) is 1. The van der Waals surface area contributed by atoms with E-state index in [1.54, 1.807) is 6.07 Å². The van der Waals surface area contributed by atoms with Crippen molar-refractivity contribution in [2.24, 2.45) is 0 Å². The smallest absolute Gasteiger partial charge is 0.265 e. The highest BCUT2D eigenvalue weighted by Crippen LogP contribution is 2.30. The average molecular weight is 366 g/mol. The Morgan fingerprint density at radius 3 is 2.54 bits per heavy atom. The van der Waals surface area contributed by atoms with Crippen LogP contribution in [0.25, 0.3) is 0 Å². The first kappa shape index (κ1) is 16.9. The number of aryl methyl sites for hydroxylation is 1. The van der Waals surface area contributed by atoms with Crippen molar-refractivity contribution in [3.05, 3.63) is 40.1 Å². The molecular weight excluding hydrogens is 348 g/mol. The van der Waals surface area contributed by atoms with Crippen molar-refractivity contribution >= 4 is 33.0 Å². The molecule has 1 fully saturated rings. The molecule has 2 heterocycles. The second kappa shape index (κ2) is 6.54. The van der Waals surface area contributed by atoms with Crippen molar-refractivity contribution in [3.63, 3.8) is 0 Å². The van der Waals surface area contributed by atoms with Crippen molar-refractivity contribution in [2.45, 2.75) is 24.7 Å². The van der Waals surface area contributed by atoms with Gasteiger partial charge in [-0.3, -0.25) is 4.79 Å². The SMILES string of the molecule is Cc1ccc(C(=O)Nc2cc(S(=O)(=O)N3CCCC3)ccc2O)s1. The van der Waals surface area contributed by atoms with Gasteiger partial charge in [-0.1, -0.05) is 0 Å². The largest absolute Gasteiger partial charge is 0.506 e. The Hall–Kier alpha value is -1.90. The minimum absolute atomic E-state index is 0.0693. The number of carbonyl (C=O) groups excluding carboxylic acids is 1. The Labute approximate surface area is 144 Å². The Kier molecular flexibility index (Phi) is 4.62. The summed E-state index contributed by atoms with van der Waals surface area (Å²) in [6.07, 6.45) is 1.69. The number of thiophene rings is 1. The number of sulfonamides is 1. The lowest BCUT2D eigenvalue weighted by atomic mass is 10.3. The summed E-state index contributed by atoms with van der Waals surface area (Å²) in [5.41, 5.74) is 0.0892. The highest BCUT2D eigenvalue weighted by molar-refractivity contribution is 7.89. The molecular formula is C16H18N2O4S2. The van der Waals surface area contributed by atoms with Crippen molar-refractivity contribution in [1.82, 2.24) is 4.31 Å². The molecule has 8 heteroatoms. The number of aromatic hydroxyl groups is 1. The van der Waals surface area contributed by atoms with Crippen LogP contribution in [0, 0.1) is 6.92 Å². The van der Waals surface area contributed by atoms with Gasteiger partial charge in [0.2, 0.25) is 10.0 Å². The summed E-state index contributed by atoms with van der Waals surface area (Å²) in [5.74, 6) is -0.545. The van der Waals surface area contributed by atoms with Gasteiger partial charge in [-0.2, -0.15) is 4.31 Å². The van der Waals surface area contributed by atoms with E-state index in [4.69, 9.17) is 0 Å². The highest BCUT2D eigenvalue weighted by Gasteiger charge is 2.28. The molecule has 0 saturated carbocycles. The van der Waals surface area contributed by atoms with E-state index in [9.17, 15) is 18.3 Å². The predicted octanol–water partition coefficient (Wildman–Crippen LogP) is 2.80. The molecule has 1 saturated heterocycles. The van der Waals surface area contributed by atoms with Crippen LogP contribution in [0.15, 0.2) is 35.2 Å². The molecule has 0 atom stereocenters. The van der Waals surface area contributed by atoms with Crippen molar-refractivity contribution in [1.29, 1.82) is 0 Å². The molecule has 1 aromatic heterocycles. The standard InChI is InChI=1S/C16H18N2O4S2/c1-11-4-7-15(23-11)16(20)17-13-10-12(5-6-14(13)19)24(21,22)18-8-2-3-9-18/h4-7,10,19H,2-3,8-9H2,1H3,(H,17,20). The second-order valence-electron chi connectivity index (χ2n) is 5.65. The van der Waals surface area contributed by atoms with Gasteiger partial charge in [0.05, 0.1) is 15.5 Å². The van der Waals surface area contributed by atoms with E-state index in [1.165, 1.54) is 33.8 Å². The molecule has 1 aliphatic heterocycles. The van der Waals surface area contributed by atoms with Crippen LogP contribution in [0.1, 0.15) is 27.4 Å². The predicted molar refractivity (Wildman–Crippen MR) is 93.1 cm³/mol. The summed E-state index contributed by atoms with van der Waals surface area (Å²) in [6, 6.07) is 7.47. The van der Waals surface area contributed by atoms with Gasteiger partial charge in [0, 0.05) is 18.0 Å². The van der Waals surface area contributed by atoms with Crippen LogP contribution in [0.5, 0.6) is 5.75 Å². The summed E-state index contributed by atoms with van der Waals surface area (Å²) in [7, 11) is -3.60. The normalized spacial score (nSPS) is 15.5. The van der Waals surface area contributed by atoms with E-state index < -0.39 is 10.0 Å². The summed E-state index contributed by atoms with van der Waals surface area (Å²) < 4.78 is 26.6. The molecule has 24 heavy (non-hydrogen) atoms. The molecule has 1 aromatic carbocycles. The van der Waals surface area contributed by atoms with Crippen LogP contribution < -0.4 is 5.32 Å². The fourth-order valence-corrected chi connectivity index (χ4v) is 4.90. The summed E-state index contributed by atoms with van der Waals surface area (Å²) >= 11 is 1.33. The maximum Gasteiger partial charge on any atom is 0.265 e. The highest BCUT2D eigenvalue weighted by atomic mass is 32.2. The molecule has 0 unspecified atom stereocenters. The minimum Gasteiger partial charge on any atom is -0.506 e.